The first-order valence-corrected chi connectivity index (χ1v) is 4.79. The van der Waals surface area contributed by atoms with Crippen molar-refractivity contribution >= 4 is 6.09 Å². The highest BCUT2D eigenvalue weighted by Gasteiger charge is 2.19. The van der Waals surface area contributed by atoms with E-state index in [9.17, 15) is 9.90 Å². The molecule has 0 aliphatic carbocycles. The zero-order valence-corrected chi connectivity index (χ0v) is 9.36. The van der Waals surface area contributed by atoms with Gasteiger partial charge in [0.1, 0.15) is 5.60 Å². The zero-order chi connectivity index (χ0) is 12.1. The van der Waals surface area contributed by atoms with Gasteiger partial charge in [-0.05, 0) is 20.8 Å². The molecule has 2 unspecified atom stereocenters. The van der Waals surface area contributed by atoms with Crippen LogP contribution in [0, 0.1) is 0 Å². The fourth-order valence-electron chi connectivity index (χ4n) is 0.795. The molecule has 15 heavy (non-hydrogen) atoms. The van der Waals surface area contributed by atoms with E-state index in [-0.39, 0.29) is 13.1 Å². The molecule has 6 heteroatoms. The van der Waals surface area contributed by atoms with Crippen molar-refractivity contribution in [1.82, 2.24) is 5.32 Å². The van der Waals surface area contributed by atoms with Gasteiger partial charge in [0.15, 0.2) is 0 Å². The van der Waals surface area contributed by atoms with Crippen molar-refractivity contribution in [2.75, 3.05) is 13.1 Å². The molecular weight excluding hydrogens is 200 g/mol. The maximum absolute atomic E-state index is 11.1. The van der Waals surface area contributed by atoms with Crippen molar-refractivity contribution in [2.45, 2.75) is 38.6 Å². The molecule has 1 amide bonds. The molecule has 0 heterocycles. The molecular formula is C9H20N2O4. The minimum absolute atomic E-state index is 0.0584. The predicted octanol–water partition coefficient (Wildman–Crippen LogP) is -0.808. The zero-order valence-electron chi connectivity index (χ0n) is 9.36. The van der Waals surface area contributed by atoms with Gasteiger partial charge in [-0.15, -0.1) is 0 Å². The summed E-state index contributed by atoms with van der Waals surface area (Å²) in [7, 11) is 0. The minimum atomic E-state index is -1.08. The lowest BCUT2D eigenvalue weighted by molar-refractivity contribution is 0.0184. The van der Waals surface area contributed by atoms with Gasteiger partial charge in [-0.3, -0.25) is 0 Å². The number of alkyl carbamates (subject to hydrolysis) is 1. The molecule has 0 aromatic carbocycles. The number of hydrogen-bond donors (Lipinski definition) is 4. The Labute approximate surface area is 89.4 Å². The summed E-state index contributed by atoms with van der Waals surface area (Å²) < 4.78 is 4.93. The Morgan fingerprint density at radius 2 is 1.93 bits per heavy atom. The van der Waals surface area contributed by atoms with Crippen LogP contribution in [0.4, 0.5) is 4.79 Å². The highest BCUT2D eigenvalue weighted by atomic mass is 16.6. The van der Waals surface area contributed by atoms with Crippen LogP contribution in [0.5, 0.6) is 0 Å². The standard InChI is InChI=1S/C9H20N2O4/c1-9(2,3)15-8(14)11-5-7(13)6(12)4-10/h6-7,12-13H,4-5,10H2,1-3H3,(H,11,14). The summed E-state index contributed by atoms with van der Waals surface area (Å²) in [4.78, 5) is 11.1. The minimum Gasteiger partial charge on any atom is -0.444 e. The summed E-state index contributed by atoms with van der Waals surface area (Å²) >= 11 is 0. The highest BCUT2D eigenvalue weighted by molar-refractivity contribution is 5.67. The van der Waals surface area contributed by atoms with E-state index < -0.39 is 23.9 Å². The number of amides is 1. The molecule has 2 atom stereocenters. The Balaban J connectivity index is 3.81. The van der Waals surface area contributed by atoms with Crippen LogP contribution >= 0.6 is 0 Å². The van der Waals surface area contributed by atoms with E-state index in [0.29, 0.717) is 0 Å². The molecule has 0 fully saturated rings. The number of carbonyl (C=O) groups excluding carboxylic acids is 1. The molecule has 0 rings (SSSR count). The molecule has 90 valence electrons. The smallest absolute Gasteiger partial charge is 0.407 e. The largest absolute Gasteiger partial charge is 0.444 e. The fourth-order valence-corrected chi connectivity index (χ4v) is 0.795. The van der Waals surface area contributed by atoms with Crippen LogP contribution in [0.25, 0.3) is 0 Å². The Hall–Kier alpha value is -0.850. The quantitative estimate of drug-likeness (QED) is 0.496. The number of nitrogens with two attached hydrogens (primary N) is 1. The van der Waals surface area contributed by atoms with Crippen LogP contribution in [0.2, 0.25) is 0 Å². The third kappa shape index (κ3) is 7.12. The van der Waals surface area contributed by atoms with Crippen LogP contribution in [0.3, 0.4) is 0 Å². The second-order valence-electron chi connectivity index (χ2n) is 4.25. The van der Waals surface area contributed by atoms with Gasteiger partial charge in [0.2, 0.25) is 0 Å². The van der Waals surface area contributed by atoms with Crippen molar-refractivity contribution in [2.24, 2.45) is 5.73 Å². The molecule has 0 aliphatic heterocycles. The Bertz CT molecular complexity index is 203. The molecule has 0 radical (unpaired) electrons. The number of ether oxygens (including phenoxy) is 1. The maximum Gasteiger partial charge on any atom is 0.407 e. The topological polar surface area (TPSA) is 105 Å². The van der Waals surface area contributed by atoms with Gasteiger partial charge >= 0.3 is 6.09 Å². The van der Waals surface area contributed by atoms with Crippen LogP contribution in [0.15, 0.2) is 0 Å². The lowest BCUT2D eigenvalue weighted by Gasteiger charge is -2.21. The fraction of sp³-hybridized carbons (Fsp3) is 0.889. The summed E-state index contributed by atoms with van der Waals surface area (Å²) in [6.07, 6.45) is -2.76. The first kappa shape index (κ1) is 14.2. The van der Waals surface area contributed by atoms with Gasteiger partial charge in [-0.1, -0.05) is 0 Å². The number of aliphatic hydroxyl groups is 2. The molecule has 0 saturated carbocycles. The average Bonchev–Trinajstić information content (AvgIpc) is 2.10. The number of hydrogen-bond acceptors (Lipinski definition) is 5. The Kier molecular flexibility index (Phi) is 5.56. The Morgan fingerprint density at radius 1 is 1.40 bits per heavy atom. The summed E-state index contributed by atoms with van der Waals surface area (Å²) in [5.41, 5.74) is 4.55. The molecule has 0 spiro atoms. The Morgan fingerprint density at radius 3 is 2.33 bits per heavy atom. The van der Waals surface area contributed by atoms with Crippen LogP contribution < -0.4 is 11.1 Å². The summed E-state index contributed by atoms with van der Waals surface area (Å²) in [6.45, 7) is 5.05. The van der Waals surface area contributed by atoms with E-state index >= 15 is 0 Å². The molecule has 0 aromatic heterocycles. The van der Waals surface area contributed by atoms with Gasteiger partial charge in [-0.25, -0.2) is 4.79 Å². The third-order valence-electron chi connectivity index (χ3n) is 1.54. The summed E-state index contributed by atoms with van der Waals surface area (Å²) in [5, 5.41) is 20.7. The average molecular weight is 220 g/mol. The molecule has 0 aliphatic rings. The summed E-state index contributed by atoms with van der Waals surface area (Å²) in [5.74, 6) is 0. The number of aliphatic hydroxyl groups excluding tert-OH is 2. The molecule has 5 N–H and O–H groups in total. The monoisotopic (exact) mass is 220 g/mol. The van der Waals surface area contributed by atoms with Crippen molar-refractivity contribution in [3.8, 4) is 0 Å². The lowest BCUT2D eigenvalue weighted by atomic mass is 10.2. The van der Waals surface area contributed by atoms with E-state index in [1.54, 1.807) is 20.8 Å². The second kappa shape index (κ2) is 5.89. The second-order valence-corrected chi connectivity index (χ2v) is 4.25. The number of carbonyl (C=O) groups is 1. The van der Waals surface area contributed by atoms with E-state index in [2.05, 4.69) is 5.32 Å². The van der Waals surface area contributed by atoms with Crippen molar-refractivity contribution < 1.29 is 19.7 Å². The van der Waals surface area contributed by atoms with Gasteiger partial charge < -0.3 is 26.0 Å². The van der Waals surface area contributed by atoms with E-state index in [0.717, 1.165) is 0 Å². The molecule has 0 aromatic rings. The van der Waals surface area contributed by atoms with Gasteiger partial charge in [0.25, 0.3) is 0 Å². The maximum atomic E-state index is 11.1. The number of rotatable bonds is 4. The van der Waals surface area contributed by atoms with Crippen molar-refractivity contribution in [3.63, 3.8) is 0 Å². The van der Waals surface area contributed by atoms with E-state index in [1.807, 2.05) is 0 Å². The molecule has 0 saturated heterocycles. The van der Waals surface area contributed by atoms with Crippen LogP contribution in [-0.4, -0.2) is 47.2 Å². The van der Waals surface area contributed by atoms with Crippen LogP contribution in [-0.2, 0) is 4.74 Å². The molecule has 0 bridgehead atoms. The molecule has 6 nitrogen and oxygen atoms in total. The van der Waals surface area contributed by atoms with Crippen molar-refractivity contribution in [1.29, 1.82) is 0 Å². The normalized spacial score (nSPS) is 15.6. The predicted molar refractivity (Wildman–Crippen MR) is 55.3 cm³/mol. The van der Waals surface area contributed by atoms with Gasteiger partial charge in [0, 0.05) is 13.1 Å². The third-order valence-corrected chi connectivity index (χ3v) is 1.54. The highest BCUT2D eigenvalue weighted by Crippen LogP contribution is 2.06. The SMILES string of the molecule is CC(C)(C)OC(=O)NCC(O)C(O)CN. The van der Waals surface area contributed by atoms with Crippen LogP contribution in [0.1, 0.15) is 20.8 Å². The first-order valence-electron chi connectivity index (χ1n) is 4.79. The van der Waals surface area contributed by atoms with Gasteiger partial charge in [-0.2, -0.15) is 0 Å². The van der Waals surface area contributed by atoms with E-state index in [4.69, 9.17) is 15.6 Å². The van der Waals surface area contributed by atoms with E-state index in [1.165, 1.54) is 0 Å². The van der Waals surface area contributed by atoms with Gasteiger partial charge in [0.05, 0.1) is 12.2 Å². The lowest BCUT2D eigenvalue weighted by Crippen LogP contribution is -2.43. The summed E-state index contributed by atoms with van der Waals surface area (Å²) in [6, 6.07) is 0. The first-order chi connectivity index (χ1) is 6.76. The van der Waals surface area contributed by atoms with Crippen molar-refractivity contribution in [3.05, 3.63) is 0 Å². The number of nitrogens with one attached hydrogen (secondary N) is 1.